The highest BCUT2D eigenvalue weighted by molar-refractivity contribution is 7.86. The smallest absolute Gasteiger partial charge is 0.198 e. The predicted octanol–water partition coefficient (Wildman–Crippen LogP) is 1.71. The third-order valence-electron chi connectivity index (χ3n) is 2.59. The summed E-state index contributed by atoms with van der Waals surface area (Å²) >= 11 is 26.0. The second-order valence-electron chi connectivity index (χ2n) is 3.78. The van der Waals surface area contributed by atoms with E-state index in [4.69, 9.17) is 14.2 Å². The number of hydrogen-bond donors (Lipinski definition) is 6. The Balaban J connectivity index is 2.89. The van der Waals surface area contributed by atoms with Crippen molar-refractivity contribution in [2.75, 3.05) is 24.1 Å². The molecule has 0 radical (unpaired) electrons. The van der Waals surface area contributed by atoms with Gasteiger partial charge in [-0.3, -0.25) is 0 Å². The van der Waals surface area contributed by atoms with Crippen molar-refractivity contribution < 1.29 is 14.2 Å². The molecule has 0 aliphatic carbocycles. The van der Waals surface area contributed by atoms with Crippen molar-refractivity contribution in [2.45, 2.75) is 27.8 Å². The van der Waals surface area contributed by atoms with Gasteiger partial charge in [-0.15, -0.1) is 0 Å². The van der Waals surface area contributed by atoms with E-state index in [9.17, 15) is 0 Å². The predicted molar refractivity (Wildman–Crippen MR) is 94.5 cm³/mol. The van der Waals surface area contributed by atoms with Crippen LogP contribution in [-0.4, -0.2) is 51.9 Å². The molecule has 1 saturated heterocycles. The van der Waals surface area contributed by atoms with Crippen molar-refractivity contribution in [2.24, 2.45) is 0 Å². The molecule has 0 bridgehead atoms. The summed E-state index contributed by atoms with van der Waals surface area (Å²) in [4.78, 5) is 0. The van der Waals surface area contributed by atoms with Crippen LogP contribution in [0.15, 0.2) is 0 Å². The topological polar surface area (TPSA) is 27.7 Å². The highest BCUT2D eigenvalue weighted by Gasteiger charge is 2.49. The minimum Gasteiger partial charge on any atom is -0.325 e. The minimum absolute atomic E-state index is 0.102. The zero-order chi connectivity index (χ0) is 13.8. The van der Waals surface area contributed by atoms with Gasteiger partial charge in [-0.25, -0.2) is 0 Å². The molecule has 0 aromatic carbocycles. The molecule has 0 aromatic rings. The molecule has 1 rings (SSSR count). The van der Waals surface area contributed by atoms with Crippen LogP contribution in [0.5, 0.6) is 0 Å². The molecule has 0 spiro atoms. The molecular formula is C9H18O3S6. The summed E-state index contributed by atoms with van der Waals surface area (Å²) in [6, 6.07) is 0. The lowest BCUT2D eigenvalue weighted by atomic mass is 10.1. The van der Waals surface area contributed by atoms with Crippen molar-refractivity contribution in [3.05, 3.63) is 0 Å². The average Bonchev–Trinajstić information content (AvgIpc) is 2.44. The molecular weight excluding hydrogens is 348 g/mol. The third-order valence-corrected chi connectivity index (χ3v) is 6.09. The Morgan fingerprint density at radius 2 is 1.56 bits per heavy atom. The Morgan fingerprint density at radius 3 is 2.00 bits per heavy atom. The van der Waals surface area contributed by atoms with Crippen LogP contribution in [0.1, 0.15) is 0 Å². The molecule has 4 unspecified atom stereocenters. The van der Waals surface area contributed by atoms with Gasteiger partial charge >= 0.3 is 0 Å². The Kier molecular flexibility index (Phi) is 8.44. The van der Waals surface area contributed by atoms with Crippen molar-refractivity contribution in [3.63, 3.8) is 0 Å². The Labute approximate surface area is 141 Å². The molecule has 0 N–H and O–H groups in total. The first-order valence-corrected chi connectivity index (χ1v) is 8.76. The fraction of sp³-hybridized carbons (Fsp3) is 1.00. The highest BCUT2D eigenvalue weighted by Crippen LogP contribution is 2.37. The van der Waals surface area contributed by atoms with Gasteiger partial charge in [0.25, 0.3) is 0 Å². The molecule has 0 amide bonds. The van der Waals surface area contributed by atoms with Crippen molar-refractivity contribution >= 4 is 75.8 Å². The number of ether oxygens (including phenoxy) is 3. The lowest BCUT2D eigenvalue weighted by Crippen LogP contribution is -2.60. The first-order chi connectivity index (χ1) is 8.51. The second kappa shape index (κ2) is 8.43. The summed E-state index contributed by atoms with van der Waals surface area (Å²) in [5.74, 6) is 0.514. The average molecular weight is 367 g/mol. The zero-order valence-corrected chi connectivity index (χ0v) is 14.9. The summed E-state index contributed by atoms with van der Waals surface area (Å²) in [5.41, 5.74) is 0. The normalized spacial score (nSPS) is 34.0. The summed E-state index contributed by atoms with van der Waals surface area (Å²) in [7, 11) is 0. The van der Waals surface area contributed by atoms with E-state index in [1.165, 1.54) is 0 Å². The van der Waals surface area contributed by atoms with E-state index in [0.29, 0.717) is 17.3 Å². The van der Waals surface area contributed by atoms with E-state index >= 15 is 0 Å². The van der Waals surface area contributed by atoms with Gasteiger partial charge < -0.3 is 14.2 Å². The van der Waals surface area contributed by atoms with Gasteiger partial charge in [0.05, 0.1) is 15.7 Å². The summed E-state index contributed by atoms with van der Waals surface area (Å²) in [6.07, 6.45) is -0.511. The van der Waals surface area contributed by atoms with Crippen LogP contribution >= 0.6 is 75.8 Å². The Hall–Kier alpha value is 1.98. The SMILES string of the molecule is SCC(S)C1OCOC(C(S)CS)(C(S)CS)O1. The van der Waals surface area contributed by atoms with Crippen LogP contribution in [0, 0.1) is 0 Å². The maximum absolute atomic E-state index is 5.91. The number of rotatable bonds is 6. The maximum Gasteiger partial charge on any atom is 0.198 e. The number of thiol groups is 6. The van der Waals surface area contributed by atoms with Crippen LogP contribution in [0.3, 0.4) is 0 Å². The van der Waals surface area contributed by atoms with Crippen molar-refractivity contribution in [3.8, 4) is 0 Å². The van der Waals surface area contributed by atoms with Crippen LogP contribution in [0.2, 0.25) is 0 Å². The van der Waals surface area contributed by atoms with Crippen LogP contribution < -0.4 is 0 Å². The van der Waals surface area contributed by atoms with E-state index in [0.717, 1.165) is 0 Å². The monoisotopic (exact) mass is 366 g/mol. The van der Waals surface area contributed by atoms with Gasteiger partial charge in [0.1, 0.15) is 0 Å². The summed E-state index contributed by atoms with van der Waals surface area (Å²) < 4.78 is 16.9. The third kappa shape index (κ3) is 4.00. The molecule has 18 heavy (non-hydrogen) atoms. The molecule has 4 atom stereocenters. The van der Waals surface area contributed by atoms with E-state index in [1.54, 1.807) is 0 Å². The van der Waals surface area contributed by atoms with E-state index in [-0.39, 0.29) is 22.5 Å². The Bertz CT molecular complexity index is 246. The van der Waals surface area contributed by atoms with E-state index in [1.807, 2.05) is 0 Å². The maximum atomic E-state index is 5.91. The molecule has 0 aromatic heterocycles. The van der Waals surface area contributed by atoms with E-state index < -0.39 is 12.1 Å². The van der Waals surface area contributed by atoms with Crippen LogP contribution in [-0.2, 0) is 14.2 Å². The molecule has 1 aliphatic rings. The first-order valence-electron chi connectivity index (χ1n) is 5.32. The Morgan fingerprint density at radius 1 is 1.00 bits per heavy atom. The van der Waals surface area contributed by atoms with Crippen molar-refractivity contribution in [1.82, 2.24) is 0 Å². The van der Waals surface area contributed by atoms with E-state index in [2.05, 4.69) is 75.8 Å². The molecule has 9 heteroatoms. The molecule has 1 heterocycles. The van der Waals surface area contributed by atoms with Gasteiger partial charge in [0.2, 0.25) is 0 Å². The highest BCUT2D eigenvalue weighted by atomic mass is 32.1. The van der Waals surface area contributed by atoms with Crippen molar-refractivity contribution in [1.29, 1.82) is 0 Å². The molecule has 1 fully saturated rings. The fourth-order valence-corrected chi connectivity index (χ4v) is 3.12. The largest absolute Gasteiger partial charge is 0.325 e. The quantitative estimate of drug-likeness (QED) is 0.404. The van der Waals surface area contributed by atoms with Gasteiger partial charge in [0.15, 0.2) is 18.9 Å². The summed E-state index contributed by atoms with van der Waals surface area (Å²) in [5, 5.41) is -0.651. The second-order valence-corrected chi connectivity index (χ2v) is 6.79. The lowest BCUT2D eigenvalue weighted by Gasteiger charge is -2.47. The zero-order valence-electron chi connectivity index (χ0n) is 9.55. The minimum atomic E-state index is -0.984. The lowest BCUT2D eigenvalue weighted by molar-refractivity contribution is -0.391. The van der Waals surface area contributed by atoms with Gasteiger partial charge in [-0.05, 0) is 0 Å². The first kappa shape index (κ1) is 18.0. The summed E-state index contributed by atoms with van der Waals surface area (Å²) in [6.45, 7) is 0.102. The number of hydrogen-bond acceptors (Lipinski definition) is 9. The van der Waals surface area contributed by atoms with Gasteiger partial charge in [-0.1, -0.05) is 0 Å². The molecule has 108 valence electrons. The van der Waals surface area contributed by atoms with Gasteiger partial charge in [-0.2, -0.15) is 75.8 Å². The fourth-order valence-electron chi connectivity index (χ4n) is 1.54. The standard InChI is InChI=1S/C9H18O3S6/c13-1-5(16)8-10-4-11-9(12-8,6(17)2-14)7(18)3-15/h5-8,13-18H,1-4H2. The molecule has 1 aliphatic heterocycles. The van der Waals surface area contributed by atoms with Crippen LogP contribution in [0.4, 0.5) is 0 Å². The molecule has 3 nitrogen and oxygen atoms in total. The molecule has 0 saturated carbocycles. The van der Waals surface area contributed by atoms with Gasteiger partial charge in [0, 0.05) is 17.3 Å². The van der Waals surface area contributed by atoms with Crippen LogP contribution in [0.25, 0.3) is 0 Å².